The molecule has 0 fully saturated rings. The summed E-state index contributed by atoms with van der Waals surface area (Å²) in [5, 5.41) is 1.53. The minimum Gasteiger partial charge on any atom is -0.361 e. The van der Waals surface area contributed by atoms with Crippen LogP contribution in [-0.2, 0) is 4.79 Å². The molecular formula is C14H12F6N2O. The quantitative estimate of drug-likeness (QED) is 0.777. The lowest BCUT2D eigenvalue weighted by molar-refractivity contribution is -0.294. The lowest BCUT2D eigenvalue weighted by Gasteiger charge is -2.42. The number of carbonyl (C=O) groups is 1. The number of Topliss-reactive ketones (excluding diaryl/α,β-unsaturated/α-hetero) is 1. The fourth-order valence-electron chi connectivity index (χ4n) is 2.76. The molecule has 1 aliphatic heterocycles. The van der Waals surface area contributed by atoms with Gasteiger partial charge < -0.3 is 5.32 Å². The lowest BCUT2D eigenvalue weighted by Crippen LogP contribution is -2.69. The van der Waals surface area contributed by atoms with Gasteiger partial charge in [0.1, 0.15) is 5.78 Å². The molecule has 0 aromatic heterocycles. The third-order valence-corrected chi connectivity index (χ3v) is 3.68. The number of nitrogens with one attached hydrogen (secondary N) is 1. The molecule has 0 aliphatic carbocycles. The number of para-hydroxylation sites is 2. The largest absolute Gasteiger partial charge is 0.421 e. The number of rotatable bonds is 1. The van der Waals surface area contributed by atoms with Crippen molar-refractivity contribution in [3.63, 3.8) is 0 Å². The van der Waals surface area contributed by atoms with Gasteiger partial charge in [0.25, 0.3) is 0 Å². The molecule has 0 spiro atoms. The van der Waals surface area contributed by atoms with E-state index in [1.54, 1.807) is 0 Å². The molecule has 9 heteroatoms. The van der Waals surface area contributed by atoms with Crippen LogP contribution >= 0.6 is 0 Å². The van der Waals surface area contributed by atoms with E-state index < -0.39 is 41.0 Å². The minimum atomic E-state index is -5.77. The first kappa shape index (κ1) is 17.3. The van der Waals surface area contributed by atoms with Gasteiger partial charge in [-0.05, 0) is 26.0 Å². The standard InChI is InChI=1S/C14H12F6N2O/c1-7-11(8(2)23)12(13(15,16)17,14(18,19)20)22-10-6-4-3-5-9(10)21-7/h3-6,11,22H,1-2H3. The van der Waals surface area contributed by atoms with Gasteiger partial charge in [-0.25, -0.2) is 0 Å². The van der Waals surface area contributed by atoms with E-state index in [2.05, 4.69) is 4.99 Å². The number of nitrogens with zero attached hydrogens (tertiary/aromatic N) is 1. The number of halogens is 6. The Balaban J connectivity index is 2.86. The summed E-state index contributed by atoms with van der Waals surface area (Å²) in [6.45, 7) is 1.68. The Morgan fingerprint density at radius 3 is 2.13 bits per heavy atom. The van der Waals surface area contributed by atoms with Gasteiger partial charge >= 0.3 is 12.4 Å². The first-order chi connectivity index (χ1) is 10.4. The zero-order chi connectivity index (χ0) is 17.6. The third-order valence-electron chi connectivity index (χ3n) is 3.68. The molecule has 0 radical (unpaired) electrons. The number of benzene rings is 1. The molecule has 1 unspecified atom stereocenters. The normalized spacial score (nSPS) is 20.9. The van der Waals surface area contributed by atoms with E-state index in [9.17, 15) is 31.1 Å². The summed E-state index contributed by atoms with van der Waals surface area (Å²) in [6, 6.07) is 5.03. The van der Waals surface area contributed by atoms with Crippen LogP contribution in [0.4, 0.5) is 37.7 Å². The van der Waals surface area contributed by atoms with Crippen LogP contribution in [0.25, 0.3) is 0 Å². The maximum Gasteiger partial charge on any atom is 0.421 e. The molecule has 3 nitrogen and oxygen atoms in total. The van der Waals surface area contributed by atoms with Gasteiger partial charge in [0.05, 0.1) is 17.3 Å². The van der Waals surface area contributed by atoms with Gasteiger partial charge in [0.15, 0.2) is 0 Å². The van der Waals surface area contributed by atoms with Gasteiger partial charge in [0, 0.05) is 5.71 Å². The average molecular weight is 338 g/mol. The van der Waals surface area contributed by atoms with Crippen molar-refractivity contribution in [2.24, 2.45) is 10.9 Å². The molecule has 2 rings (SSSR count). The molecule has 1 aromatic carbocycles. The molecule has 1 aromatic rings. The highest BCUT2D eigenvalue weighted by Crippen LogP contribution is 2.52. The van der Waals surface area contributed by atoms with Crippen LogP contribution in [0.5, 0.6) is 0 Å². The number of ketones is 1. The van der Waals surface area contributed by atoms with Crippen molar-refractivity contribution < 1.29 is 31.1 Å². The Morgan fingerprint density at radius 1 is 1.13 bits per heavy atom. The number of alkyl halides is 6. The van der Waals surface area contributed by atoms with Gasteiger partial charge in [-0.3, -0.25) is 9.79 Å². The molecular weight excluding hydrogens is 326 g/mol. The van der Waals surface area contributed by atoms with Crippen molar-refractivity contribution >= 4 is 22.9 Å². The summed E-state index contributed by atoms with van der Waals surface area (Å²) in [6.07, 6.45) is -11.5. The van der Waals surface area contributed by atoms with Crippen molar-refractivity contribution in [3.8, 4) is 0 Å². The Hall–Kier alpha value is -2.06. The molecule has 23 heavy (non-hydrogen) atoms. The summed E-state index contributed by atoms with van der Waals surface area (Å²) < 4.78 is 81.4. The van der Waals surface area contributed by atoms with E-state index in [-0.39, 0.29) is 5.69 Å². The predicted octanol–water partition coefficient (Wildman–Crippen LogP) is 4.27. The second-order valence-corrected chi connectivity index (χ2v) is 5.24. The first-order valence-corrected chi connectivity index (χ1v) is 6.48. The zero-order valence-corrected chi connectivity index (χ0v) is 12.0. The molecule has 1 heterocycles. The number of anilines is 1. The summed E-state index contributed by atoms with van der Waals surface area (Å²) in [5.74, 6) is -3.80. The fraction of sp³-hybridized carbons (Fsp3) is 0.429. The Kier molecular flexibility index (Phi) is 3.94. The SMILES string of the molecule is CC(=O)C1C(C)=Nc2ccccc2NC1(C(F)(F)F)C(F)(F)F. The second kappa shape index (κ2) is 5.24. The van der Waals surface area contributed by atoms with E-state index in [1.165, 1.54) is 23.5 Å². The van der Waals surface area contributed by atoms with Crippen molar-refractivity contribution in [2.75, 3.05) is 5.32 Å². The maximum absolute atomic E-state index is 13.6. The highest BCUT2D eigenvalue weighted by atomic mass is 19.4. The monoisotopic (exact) mass is 338 g/mol. The minimum absolute atomic E-state index is 0.0911. The molecule has 0 bridgehead atoms. The first-order valence-electron chi connectivity index (χ1n) is 6.48. The van der Waals surface area contributed by atoms with Crippen LogP contribution in [0.15, 0.2) is 29.3 Å². The summed E-state index contributed by atoms with van der Waals surface area (Å²) in [7, 11) is 0. The Morgan fingerprint density at radius 2 is 1.65 bits per heavy atom. The van der Waals surface area contributed by atoms with E-state index >= 15 is 0 Å². The van der Waals surface area contributed by atoms with Crippen LogP contribution in [0.3, 0.4) is 0 Å². The smallest absolute Gasteiger partial charge is 0.361 e. The average Bonchev–Trinajstić information content (AvgIpc) is 2.50. The Bertz CT molecular complexity index is 648. The van der Waals surface area contributed by atoms with Crippen molar-refractivity contribution in [2.45, 2.75) is 31.7 Å². The maximum atomic E-state index is 13.6. The highest BCUT2D eigenvalue weighted by Gasteiger charge is 2.76. The van der Waals surface area contributed by atoms with Gasteiger partial charge in [-0.15, -0.1) is 0 Å². The van der Waals surface area contributed by atoms with Crippen molar-refractivity contribution in [1.82, 2.24) is 0 Å². The molecule has 1 atom stereocenters. The number of fused-ring (bicyclic) bond motifs is 1. The number of hydrogen-bond donors (Lipinski definition) is 1. The molecule has 0 amide bonds. The number of aliphatic imine (C=N–C) groups is 1. The Labute approximate surface area is 127 Å². The van der Waals surface area contributed by atoms with Gasteiger partial charge in [-0.2, -0.15) is 26.3 Å². The van der Waals surface area contributed by atoms with Crippen LogP contribution in [0.1, 0.15) is 13.8 Å². The number of carbonyl (C=O) groups excluding carboxylic acids is 1. The van der Waals surface area contributed by atoms with Gasteiger partial charge in [-0.1, -0.05) is 12.1 Å². The fourth-order valence-corrected chi connectivity index (χ4v) is 2.76. The van der Waals surface area contributed by atoms with Crippen molar-refractivity contribution in [3.05, 3.63) is 24.3 Å². The summed E-state index contributed by atoms with van der Waals surface area (Å²) in [5.41, 5.74) is -5.52. The molecule has 1 N–H and O–H groups in total. The zero-order valence-electron chi connectivity index (χ0n) is 12.0. The lowest BCUT2D eigenvalue weighted by atomic mass is 9.77. The van der Waals surface area contributed by atoms with Crippen molar-refractivity contribution in [1.29, 1.82) is 0 Å². The number of hydrogen-bond acceptors (Lipinski definition) is 3. The van der Waals surface area contributed by atoms with E-state index in [0.717, 1.165) is 13.0 Å². The molecule has 0 saturated heterocycles. The van der Waals surface area contributed by atoms with E-state index in [4.69, 9.17) is 0 Å². The van der Waals surface area contributed by atoms with Crippen LogP contribution in [-0.4, -0.2) is 29.4 Å². The van der Waals surface area contributed by atoms with Crippen LogP contribution < -0.4 is 5.32 Å². The van der Waals surface area contributed by atoms with Crippen LogP contribution in [0.2, 0.25) is 0 Å². The second-order valence-electron chi connectivity index (χ2n) is 5.24. The predicted molar refractivity (Wildman–Crippen MR) is 71.8 cm³/mol. The molecule has 1 aliphatic rings. The van der Waals surface area contributed by atoms with Gasteiger partial charge in [0.2, 0.25) is 5.54 Å². The van der Waals surface area contributed by atoms with Crippen LogP contribution in [0, 0.1) is 5.92 Å². The third kappa shape index (κ3) is 2.57. The molecule has 126 valence electrons. The molecule has 0 saturated carbocycles. The summed E-state index contributed by atoms with van der Waals surface area (Å²) >= 11 is 0. The topological polar surface area (TPSA) is 41.5 Å². The highest BCUT2D eigenvalue weighted by molar-refractivity contribution is 6.07. The van der Waals surface area contributed by atoms with E-state index in [1.807, 2.05) is 0 Å². The van der Waals surface area contributed by atoms with E-state index in [0.29, 0.717) is 6.92 Å². The summed E-state index contributed by atoms with van der Waals surface area (Å²) in [4.78, 5) is 15.5.